The summed E-state index contributed by atoms with van der Waals surface area (Å²) >= 11 is 4.06. The smallest absolute Gasteiger partial charge is 0.335 e. The van der Waals surface area contributed by atoms with Crippen molar-refractivity contribution < 1.29 is 19.8 Å². The van der Waals surface area contributed by atoms with E-state index < -0.39 is 11.9 Å². The van der Waals surface area contributed by atoms with Crippen LogP contribution in [0.5, 0.6) is 0 Å². The lowest BCUT2D eigenvalue weighted by atomic mass is 10.2. The first-order chi connectivity index (χ1) is 11.0. The van der Waals surface area contributed by atoms with E-state index >= 15 is 0 Å². The van der Waals surface area contributed by atoms with E-state index in [1.807, 2.05) is 0 Å². The molecule has 0 atom stereocenters. The highest BCUT2D eigenvalue weighted by Gasteiger charge is 2.12. The number of aryl methyl sites for hydroxylation is 1. The Kier molecular flexibility index (Phi) is 4.55. The summed E-state index contributed by atoms with van der Waals surface area (Å²) in [4.78, 5) is 25.9. The molecule has 2 aromatic heterocycles. The van der Waals surface area contributed by atoms with Gasteiger partial charge in [-0.2, -0.15) is 0 Å². The molecule has 118 valence electrons. The van der Waals surface area contributed by atoms with Crippen LogP contribution in [0, 0.1) is 0 Å². The van der Waals surface area contributed by atoms with Crippen molar-refractivity contribution in [3.05, 3.63) is 28.8 Å². The van der Waals surface area contributed by atoms with Crippen LogP contribution in [0.2, 0.25) is 0 Å². The van der Waals surface area contributed by atoms with Gasteiger partial charge >= 0.3 is 11.9 Å². The first-order valence-corrected chi connectivity index (χ1v) is 8.82. The molecule has 0 amide bonds. The van der Waals surface area contributed by atoms with Gasteiger partial charge in [0.15, 0.2) is 8.68 Å². The minimum Gasteiger partial charge on any atom is -0.481 e. The molecule has 3 aromatic rings. The van der Waals surface area contributed by atoms with Gasteiger partial charge in [-0.1, -0.05) is 11.3 Å². The highest BCUT2D eigenvalue weighted by atomic mass is 32.2. The first kappa shape index (κ1) is 15.8. The Labute approximate surface area is 142 Å². The van der Waals surface area contributed by atoms with Crippen molar-refractivity contribution in [2.45, 2.75) is 21.5 Å². The fourth-order valence-electron chi connectivity index (χ4n) is 1.75. The van der Waals surface area contributed by atoms with Crippen LogP contribution in [-0.2, 0) is 11.2 Å². The standard InChI is InChI=1S/C13H9N3O4S3/c17-10(18)4-3-9-15-16-13(22-9)23-12-14-7-2-1-6(11(19)20)5-8(7)21-12/h1-2,5H,3-4H2,(H,17,18)(H,19,20). The molecule has 0 fully saturated rings. The van der Waals surface area contributed by atoms with Crippen molar-refractivity contribution in [2.75, 3.05) is 0 Å². The highest BCUT2D eigenvalue weighted by molar-refractivity contribution is 8.02. The van der Waals surface area contributed by atoms with Crippen molar-refractivity contribution in [3.63, 3.8) is 0 Å². The van der Waals surface area contributed by atoms with E-state index in [4.69, 9.17) is 10.2 Å². The van der Waals surface area contributed by atoms with Crippen LogP contribution in [0.15, 0.2) is 26.9 Å². The Bertz CT molecular complexity index is 890. The summed E-state index contributed by atoms with van der Waals surface area (Å²) in [5.41, 5.74) is 0.961. The Morgan fingerprint density at radius 1 is 1.13 bits per heavy atom. The van der Waals surface area contributed by atoms with Crippen molar-refractivity contribution in [3.8, 4) is 0 Å². The number of nitrogens with zero attached hydrogens (tertiary/aromatic N) is 3. The van der Waals surface area contributed by atoms with Gasteiger partial charge in [0.05, 0.1) is 22.2 Å². The zero-order chi connectivity index (χ0) is 16.4. The van der Waals surface area contributed by atoms with Crippen molar-refractivity contribution in [2.24, 2.45) is 0 Å². The van der Waals surface area contributed by atoms with Crippen LogP contribution in [0.4, 0.5) is 0 Å². The van der Waals surface area contributed by atoms with E-state index in [9.17, 15) is 9.59 Å². The van der Waals surface area contributed by atoms with Gasteiger partial charge in [0.1, 0.15) is 5.01 Å². The van der Waals surface area contributed by atoms with Crippen LogP contribution in [0.1, 0.15) is 21.8 Å². The molecule has 0 saturated carbocycles. The number of thiazole rings is 1. The maximum atomic E-state index is 11.0. The topological polar surface area (TPSA) is 113 Å². The summed E-state index contributed by atoms with van der Waals surface area (Å²) in [7, 11) is 0. The molecular formula is C13H9N3O4S3. The lowest BCUT2D eigenvalue weighted by molar-refractivity contribution is -0.136. The minimum absolute atomic E-state index is 0.0262. The van der Waals surface area contributed by atoms with Crippen molar-refractivity contribution in [1.29, 1.82) is 0 Å². The summed E-state index contributed by atoms with van der Waals surface area (Å²) in [5, 5.41) is 26.3. The predicted octanol–water partition coefficient (Wildman–Crippen LogP) is 3.01. The average molecular weight is 367 g/mol. The Morgan fingerprint density at radius 3 is 2.70 bits per heavy atom. The normalized spacial score (nSPS) is 11.0. The average Bonchev–Trinajstić information content (AvgIpc) is 3.10. The number of aliphatic carboxylic acids is 1. The van der Waals surface area contributed by atoms with E-state index in [0.29, 0.717) is 15.8 Å². The summed E-state index contributed by atoms with van der Waals surface area (Å²) < 4.78 is 2.22. The number of fused-ring (bicyclic) bond motifs is 1. The van der Waals surface area contributed by atoms with Crippen LogP contribution in [0.3, 0.4) is 0 Å². The first-order valence-electron chi connectivity index (χ1n) is 6.37. The number of carbonyl (C=O) groups is 2. The van der Waals surface area contributed by atoms with Gasteiger partial charge in [-0.25, -0.2) is 9.78 Å². The number of hydrogen-bond acceptors (Lipinski definition) is 8. The third-order valence-corrected chi connectivity index (χ3v) is 5.90. The van der Waals surface area contributed by atoms with Crippen LogP contribution in [-0.4, -0.2) is 37.3 Å². The number of aromatic carboxylic acids is 1. The van der Waals surface area contributed by atoms with Gasteiger partial charge in [0, 0.05) is 6.42 Å². The van der Waals surface area contributed by atoms with Crippen LogP contribution < -0.4 is 0 Å². The molecule has 10 heteroatoms. The summed E-state index contributed by atoms with van der Waals surface area (Å²) in [6.07, 6.45) is 0.383. The third kappa shape index (κ3) is 3.84. The van der Waals surface area contributed by atoms with Gasteiger partial charge in [0.25, 0.3) is 0 Å². The van der Waals surface area contributed by atoms with Crippen LogP contribution >= 0.6 is 34.4 Å². The quantitative estimate of drug-likeness (QED) is 0.683. The lowest BCUT2D eigenvalue weighted by Gasteiger charge is -1.91. The molecule has 1 aromatic carbocycles. The maximum absolute atomic E-state index is 11.0. The zero-order valence-electron chi connectivity index (χ0n) is 11.4. The molecule has 0 bridgehead atoms. The minimum atomic E-state index is -0.971. The number of aromatic nitrogens is 3. The van der Waals surface area contributed by atoms with E-state index in [0.717, 1.165) is 14.6 Å². The number of benzene rings is 1. The monoisotopic (exact) mass is 367 g/mol. The summed E-state index contributed by atoms with van der Waals surface area (Å²) in [5.74, 6) is -1.84. The van der Waals surface area contributed by atoms with Gasteiger partial charge in [-0.05, 0) is 30.0 Å². The molecular weight excluding hydrogens is 358 g/mol. The van der Waals surface area contributed by atoms with Gasteiger partial charge in [-0.3, -0.25) is 4.79 Å². The molecule has 0 saturated heterocycles. The van der Waals surface area contributed by atoms with Gasteiger partial charge in [-0.15, -0.1) is 21.5 Å². The zero-order valence-corrected chi connectivity index (χ0v) is 13.9. The fourth-order valence-corrected chi connectivity index (χ4v) is 4.95. The van der Waals surface area contributed by atoms with E-state index in [1.165, 1.54) is 40.5 Å². The number of carboxylic acids is 2. The number of hydrogen-bond donors (Lipinski definition) is 2. The second-order valence-electron chi connectivity index (χ2n) is 4.42. The third-order valence-electron chi connectivity index (χ3n) is 2.79. The SMILES string of the molecule is O=C(O)CCc1nnc(Sc2nc3ccc(C(=O)O)cc3s2)s1. The molecule has 0 spiro atoms. The second kappa shape index (κ2) is 6.60. The Balaban J connectivity index is 1.76. The second-order valence-corrected chi connectivity index (χ2v) is 8.01. The molecule has 2 N–H and O–H groups in total. The molecule has 0 unspecified atom stereocenters. The molecule has 0 aliphatic rings. The van der Waals surface area contributed by atoms with E-state index in [-0.39, 0.29) is 12.0 Å². The van der Waals surface area contributed by atoms with E-state index in [1.54, 1.807) is 12.1 Å². The summed E-state index contributed by atoms with van der Waals surface area (Å²) in [6.45, 7) is 0. The molecule has 0 aliphatic heterocycles. The predicted molar refractivity (Wildman–Crippen MR) is 86.6 cm³/mol. The highest BCUT2D eigenvalue weighted by Crippen LogP contribution is 2.36. The number of carboxylic acid groups (broad SMARTS) is 2. The molecule has 7 nitrogen and oxygen atoms in total. The Hall–Kier alpha value is -2.04. The van der Waals surface area contributed by atoms with Crippen molar-refractivity contribution in [1.82, 2.24) is 15.2 Å². The van der Waals surface area contributed by atoms with E-state index in [2.05, 4.69) is 15.2 Å². The lowest BCUT2D eigenvalue weighted by Crippen LogP contribution is -1.96. The molecule has 23 heavy (non-hydrogen) atoms. The molecule has 0 aliphatic carbocycles. The Morgan fingerprint density at radius 2 is 1.96 bits per heavy atom. The number of rotatable bonds is 6. The molecule has 0 radical (unpaired) electrons. The van der Waals surface area contributed by atoms with Gasteiger partial charge in [0.2, 0.25) is 0 Å². The molecule has 3 rings (SSSR count). The maximum Gasteiger partial charge on any atom is 0.335 e. The molecule has 2 heterocycles. The fraction of sp³-hybridized carbons (Fsp3) is 0.154. The van der Waals surface area contributed by atoms with Crippen LogP contribution in [0.25, 0.3) is 10.2 Å². The van der Waals surface area contributed by atoms with Gasteiger partial charge < -0.3 is 10.2 Å². The largest absolute Gasteiger partial charge is 0.481 e. The summed E-state index contributed by atoms with van der Waals surface area (Å²) in [6, 6.07) is 4.79. The van der Waals surface area contributed by atoms with Crippen molar-refractivity contribution >= 4 is 56.6 Å².